The minimum absolute atomic E-state index is 0.0799. The van der Waals surface area contributed by atoms with Crippen LogP contribution in [0.3, 0.4) is 0 Å². The number of amides is 1. The predicted molar refractivity (Wildman–Crippen MR) is 110 cm³/mol. The first-order valence-corrected chi connectivity index (χ1v) is 10.4. The molecule has 0 unspecified atom stereocenters. The smallest absolute Gasteiger partial charge is 0.255 e. The van der Waals surface area contributed by atoms with Gasteiger partial charge in [0.2, 0.25) is 0 Å². The summed E-state index contributed by atoms with van der Waals surface area (Å²) in [5.74, 6) is 1.20. The Morgan fingerprint density at radius 3 is 2.77 bits per heavy atom. The molecule has 0 aliphatic heterocycles. The average molecular weight is 426 g/mol. The number of fused-ring (bicyclic) bond motifs is 1. The number of carbonyl (C=O) groups is 1. The molecule has 154 valence electrons. The second kappa shape index (κ2) is 7.60. The van der Waals surface area contributed by atoms with Gasteiger partial charge in [0, 0.05) is 17.2 Å². The zero-order valence-corrected chi connectivity index (χ0v) is 16.9. The van der Waals surface area contributed by atoms with Gasteiger partial charge >= 0.3 is 0 Å². The van der Waals surface area contributed by atoms with Crippen LogP contribution in [0.1, 0.15) is 47.2 Å². The molecule has 3 N–H and O–H groups in total. The molecule has 0 saturated heterocycles. The van der Waals surface area contributed by atoms with Crippen molar-refractivity contribution in [1.29, 1.82) is 0 Å². The van der Waals surface area contributed by atoms with E-state index in [1.165, 1.54) is 6.07 Å². The van der Waals surface area contributed by atoms with Crippen LogP contribution in [-0.4, -0.2) is 37.7 Å². The molecule has 1 saturated carbocycles. The molecular formula is C21H20ClN5O3. The fourth-order valence-electron chi connectivity index (χ4n) is 4.00. The number of aromatic nitrogens is 4. The lowest BCUT2D eigenvalue weighted by Gasteiger charge is -2.26. The molecule has 0 bridgehead atoms. The molecule has 1 amide bonds. The molecule has 2 aromatic carbocycles. The number of tetrazole rings is 1. The molecule has 1 aromatic heterocycles. The number of aromatic hydroxyl groups is 1. The van der Waals surface area contributed by atoms with Crippen molar-refractivity contribution in [3.05, 3.63) is 46.0 Å². The summed E-state index contributed by atoms with van der Waals surface area (Å²) in [5.41, 5.74) is 3.18. The van der Waals surface area contributed by atoms with Crippen LogP contribution in [0.2, 0.25) is 5.02 Å². The summed E-state index contributed by atoms with van der Waals surface area (Å²) in [6.45, 7) is 0. The zero-order valence-electron chi connectivity index (χ0n) is 16.1. The van der Waals surface area contributed by atoms with E-state index in [9.17, 15) is 9.90 Å². The van der Waals surface area contributed by atoms with Crippen molar-refractivity contribution in [3.8, 4) is 28.6 Å². The number of ether oxygens (including phenoxy) is 1. The molecule has 30 heavy (non-hydrogen) atoms. The molecule has 9 heteroatoms. The summed E-state index contributed by atoms with van der Waals surface area (Å²) in [6.07, 6.45) is 5.74. The predicted octanol–water partition coefficient (Wildman–Crippen LogP) is 3.79. The van der Waals surface area contributed by atoms with Crippen molar-refractivity contribution < 1.29 is 14.6 Å². The van der Waals surface area contributed by atoms with Gasteiger partial charge in [0.05, 0.1) is 10.6 Å². The van der Waals surface area contributed by atoms with Crippen LogP contribution in [0.5, 0.6) is 17.2 Å². The largest absolute Gasteiger partial charge is 0.507 e. The van der Waals surface area contributed by atoms with Crippen molar-refractivity contribution >= 4 is 17.5 Å². The second-order valence-corrected chi connectivity index (χ2v) is 8.09. The normalized spacial score (nSPS) is 15.5. The maximum atomic E-state index is 12.5. The molecule has 1 fully saturated rings. The minimum atomic E-state index is -0.299. The minimum Gasteiger partial charge on any atom is -0.507 e. The van der Waals surface area contributed by atoms with Gasteiger partial charge in [-0.2, -0.15) is 0 Å². The summed E-state index contributed by atoms with van der Waals surface area (Å²) in [6, 6.07) is 6.62. The van der Waals surface area contributed by atoms with Gasteiger partial charge in [-0.15, -0.1) is 5.10 Å². The summed E-state index contributed by atoms with van der Waals surface area (Å²) in [5, 5.41) is 27.6. The summed E-state index contributed by atoms with van der Waals surface area (Å²) >= 11 is 6.57. The number of hydrogen-bond acceptors (Lipinski definition) is 6. The Morgan fingerprint density at radius 2 is 2.03 bits per heavy atom. The van der Waals surface area contributed by atoms with Crippen molar-refractivity contribution in [2.24, 2.45) is 0 Å². The highest BCUT2D eigenvalue weighted by molar-refractivity contribution is 6.32. The van der Waals surface area contributed by atoms with E-state index in [0.717, 1.165) is 55.2 Å². The fourth-order valence-corrected chi connectivity index (χ4v) is 4.27. The molecule has 8 nitrogen and oxygen atoms in total. The molecule has 5 rings (SSSR count). The third-order valence-electron chi connectivity index (χ3n) is 5.78. The summed E-state index contributed by atoms with van der Waals surface area (Å²) < 4.78 is 6.13. The highest BCUT2D eigenvalue weighted by Crippen LogP contribution is 2.44. The molecular weight excluding hydrogens is 406 g/mol. The summed E-state index contributed by atoms with van der Waals surface area (Å²) in [4.78, 5) is 12.5. The van der Waals surface area contributed by atoms with E-state index in [1.807, 2.05) is 0 Å². The third kappa shape index (κ3) is 3.37. The maximum Gasteiger partial charge on any atom is 0.255 e. The van der Waals surface area contributed by atoms with E-state index in [-0.39, 0.29) is 23.3 Å². The zero-order chi connectivity index (χ0) is 20.7. The van der Waals surface area contributed by atoms with Crippen LogP contribution in [0.25, 0.3) is 11.4 Å². The van der Waals surface area contributed by atoms with Crippen molar-refractivity contribution in [2.45, 2.75) is 44.6 Å². The molecule has 2 aliphatic carbocycles. The first-order chi connectivity index (χ1) is 14.6. The highest BCUT2D eigenvalue weighted by atomic mass is 35.5. The van der Waals surface area contributed by atoms with Gasteiger partial charge in [-0.1, -0.05) is 11.6 Å². The van der Waals surface area contributed by atoms with Gasteiger partial charge in [-0.3, -0.25) is 4.79 Å². The first-order valence-electron chi connectivity index (χ1n) is 10.00. The maximum absolute atomic E-state index is 12.5. The Hall–Kier alpha value is -3.13. The first kappa shape index (κ1) is 18.9. The number of benzene rings is 2. The number of phenolic OH excluding ortho intramolecular Hbond substituents is 1. The molecule has 0 radical (unpaired) electrons. The highest BCUT2D eigenvalue weighted by Gasteiger charge is 2.26. The van der Waals surface area contributed by atoms with E-state index >= 15 is 0 Å². The van der Waals surface area contributed by atoms with Gasteiger partial charge in [-0.05, 0) is 78.8 Å². The van der Waals surface area contributed by atoms with Gasteiger partial charge in [0.15, 0.2) is 5.82 Å². The van der Waals surface area contributed by atoms with Crippen LogP contribution in [0.4, 0.5) is 0 Å². The lowest BCUT2D eigenvalue weighted by atomic mass is 9.93. The Kier molecular flexibility index (Phi) is 4.78. The van der Waals surface area contributed by atoms with Crippen LogP contribution in [-0.2, 0) is 12.8 Å². The lowest BCUT2D eigenvalue weighted by molar-refractivity contribution is 0.0914. The summed E-state index contributed by atoms with van der Waals surface area (Å²) in [7, 11) is 0. The van der Waals surface area contributed by atoms with Crippen LogP contribution < -0.4 is 10.1 Å². The number of nitrogens with one attached hydrogen (secondary N) is 2. The molecule has 0 spiro atoms. The number of phenols is 1. The number of H-pyrrole nitrogens is 1. The third-order valence-corrected chi connectivity index (χ3v) is 6.06. The van der Waals surface area contributed by atoms with Gasteiger partial charge in [0.1, 0.15) is 17.2 Å². The van der Waals surface area contributed by atoms with E-state index in [2.05, 4.69) is 25.9 Å². The van der Waals surface area contributed by atoms with Gasteiger partial charge in [-0.25, -0.2) is 5.10 Å². The van der Waals surface area contributed by atoms with E-state index in [1.54, 1.807) is 18.2 Å². The van der Waals surface area contributed by atoms with Crippen molar-refractivity contribution in [2.75, 3.05) is 0 Å². The van der Waals surface area contributed by atoms with Gasteiger partial charge < -0.3 is 15.2 Å². The van der Waals surface area contributed by atoms with Crippen molar-refractivity contribution in [1.82, 2.24) is 25.9 Å². The standard InChI is InChI=1S/C21H20ClN5O3/c22-17-10-15(20-24-26-27-25-20)13-5-2-6-14(13)19(17)30-12-7-8-18(28)16(9-12)21(29)23-11-3-1-4-11/h7-11,28H,1-6H2,(H,23,29)(H,24,25,26,27). The van der Waals surface area contributed by atoms with E-state index in [4.69, 9.17) is 16.3 Å². The number of halogens is 1. The Bertz CT molecular complexity index is 1110. The molecule has 0 atom stereocenters. The molecule has 3 aromatic rings. The number of carbonyl (C=O) groups excluding carboxylic acids is 1. The molecule has 1 heterocycles. The topological polar surface area (TPSA) is 113 Å². The quantitative estimate of drug-likeness (QED) is 0.573. The lowest BCUT2D eigenvalue weighted by Crippen LogP contribution is -2.39. The van der Waals surface area contributed by atoms with Gasteiger partial charge in [0.25, 0.3) is 5.91 Å². The monoisotopic (exact) mass is 425 g/mol. The Balaban J connectivity index is 1.47. The number of aromatic amines is 1. The van der Waals surface area contributed by atoms with E-state index < -0.39 is 0 Å². The van der Waals surface area contributed by atoms with E-state index in [0.29, 0.717) is 22.3 Å². The van der Waals surface area contributed by atoms with Crippen LogP contribution in [0, 0.1) is 0 Å². The number of hydrogen-bond donors (Lipinski definition) is 3. The Labute approximate surface area is 177 Å². The average Bonchev–Trinajstić information content (AvgIpc) is 3.40. The van der Waals surface area contributed by atoms with Crippen LogP contribution in [0.15, 0.2) is 24.3 Å². The molecule has 2 aliphatic rings. The van der Waals surface area contributed by atoms with Crippen LogP contribution >= 0.6 is 11.6 Å². The second-order valence-electron chi connectivity index (χ2n) is 7.68. The SMILES string of the molecule is O=C(NC1CCC1)c1cc(Oc2c(Cl)cc(-c3nnn[nH]3)c3c2CCC3)ccc1O. The van der Waals surface area contributed by atoms with Crippen molar-refractivity contribution in [3.63, 3.8) is 0 Å². The number of rotatable bonds is 5. The number of nitrogens with zero attached hydrogens (tertiary/aromatic N) is 3. The fraction of sp³-hybridized carbons (Fsp3) is 0.333. The Morgan fingerprint density at radius 1 is 1.20 bits per heavy atom.